The Hall–Kier alpha value is -0.120. The first-order valence-corrected chi connectivity index (χ1v) is 6.63. The standard InChI is InChI=1S/C12H23N3/c1-2-12-13-6-3-7-14(12)9-5-11-15(12)10-4-8-13/h2-11H2,1H3. The summed E-state index contributed by atoms with van der Waals surface area (Å²) in [5.74, 6) is 0.328. The first kappa shape index (κ1) is 10.1. The van der Waals surface area contributed by atoms with E-state index in [9.17, 15) is 0 Å². The van der Waals surface area contributed by atoms with E-state index in [1.54, 1.807) is 0 Å². The second kappa shape index (κ2) is 3.72. The fourth-order valence-electron chi connectivity index (χ4n) is 4.04. The van der Waals surface area contributed by atoms with Crippen molar-refractivity contribution in [3.63, 3.8) is 0 Å². The second-order valence-electron chi connectivity index (χ2n) is 5.15. The Bertz CT molecular complexity index is 193. The van der Waals surface area contributed by atoms with Crippen LogP contribution in [0.1, 0.15) is 32.6 Å². The molecule has 3 rings (SSSR count). The molecular formula is C12H23N3. The maximum Gasteiger partial charge on any atom is 0.130 e. The van der Waals surface area contributed by atoms with Crippen molar-refractivity contribution in [1.29, 1.82) is 0 Å². The van der Waals surface area contributed by atoms with Crippen LogP contribution in [0.2, 0.25) is 0 Å². The van der Waals surface area contributed by atoms with Crippen LogP contribution >= 0.6 is 0 Å². The van der Waals surface area contributed by atoms with Crippen molar-refractivity contribution in [2.45, 2.75) is 38.4 Å². The van der Waals surface area contributed by atoms with Gasteiger partial charge in [0.05, 0.1) is 0 Å². The number of rotatable bonds is 1. The normalized spacial score (nSPS) is 32.6. The number of hydrogen-bond donors (Lipinski definition) is 0. The van der Waals surface area contributed by atoms with Gasteiger partial charge in [0, 0.05) is 39.3 Å². The fraction of sp³-hybridized carbons (Fsp3) is 1.00. The van der Waals surface area contributed by atoms with Crippen molar-refractivity contribution < 1.29 is 0 Å². The van der Waals surface area contributed by atoms with Crippen LogP contribution in [0.3, 0.4) is 0 Å². The van der Waals surface area contributed by atoms with E-state index in [1.165, 1.54) is 65.0 Å². The molecule has 3 fully saturated rings. The zero-order valence-corrected chi connectivity index (χ0v) is 9.91. The van der Waals surface area contributed by atoms with Crippen molar-refractivity contribution in [2.75, 3.05) is 39.3 Å². The third-order valence-electron chi connectivity index (χ3n) is 4.56. The molecule has 0 saturated carbocycles. The van der Waals surface area contributed by atoms with Crippen LogP contribution in [-0.4, -0.2) is 59.8 Å². The van der Waals surface area contributed by atoms with Gasteiger partial charge in [0.15, 0.2) is 0 Å². The van der Waals surface area contributed by atoms with E-state index in [-0.39, 0.29) is 0 Å². The van der Waals surface area contributed by atoms with Gasteiger partial charge in [0.1, 0.15) is 5.79 Å². The van der Waals surface area contributed by atoms with Gasteiger partial charge in [-0.1, -0.05) is 6.92 Å². The topological polar surface area (TPSA) is 9.72 Å². The van der Waals surface area contributed by atoms with E-state index >= 15 is 0 Å². The van der Waals surface area contributed by atoms with Gasteiger partial charge in [0.2, 0.25) is 0 Å². The summed E-state index contributed by atoms with van der Waals surface area (Å²) in [6.07, 6.45) is 5.38. The molecule has 3 heteroatoms. The molecule has 0 bridgehead atoms. The van der Waals surface area contributed by atoms with Crippen molar-refractivity contribution in [3.05, 3.63) is 0 Å². The third kappa shape index (κ3) is 1.30. The molecule has 0 radical (unpaired) electrons. The monoisotopic (exact) mass is 209 g/mol. The van der Waals surface area contributed by atoms with Crippen LogP contribution in [0.15, 0.2) is 0 Å². The zero-order valence-electron chi connectivity index (χ0n) is 9.91. The molecule has 3 aliphatic rings. The molecule has 0 aromatic rings. The Labute approximate surface area is 93.0 Å². The molecule has 3 nitrogen and oxygen atoms in total. The van der Waals surface area contributed by atoms with E-state index in [0.29, 0.717) is 5.79 Å². The SMILES string of the molecule is CCC12N3CCCN1CCCN2CCC3. The van der Waals surface area contributed by atoms with Crippen molar-refractivity contribution in [2.24, 2.45) is 0 Å². The molecule has 3 aliphatic heterocycles. The lowest BCUT2D eigenvalue weighted by Crippen LogP contribution is -2.76. The van der Waals surface area contributed by atoms with E-state index in [0.717, 1.165) is 0 Å². The van der Waals surface area contributed by atoms with Gasteiger partial charge in [-0.05, 0) is 25.7 Å². The fourth-order valence-corrected chi connectivity index (χ4v) is 4.04. The van der Waals surface area contributed by atoms with Crippen molar-refractivity contribution in [3.8, 4) is 0 Å². The zero-order chi connectivity index (χ0) is 10.3. The van der Waals surface area contributed by atoms with Crippen LogP contribution in [0.25, 0.3) is 0 Å². The lowest BCUT2D eigenvalue weighted by molar-refractivity contribution is -0.229. The molecular weight excluding hydrogens is 186 g/mol. The van der Waals surface area contributed by atoms with E-state index in [1.807, 2.05) is 0 Å². The lowest BCUT2D eigenvalue weighted by atomic mass is 9.97. The van der Waals surface area contributed by atoms with Crippen molar-refractivity contribution >= 4 is 0 Å². The molecule has 86 valence electrons. The van der Waals surface area contributed by atoms with Crippen LogP contribution < -0.4 is 0 Å². The smallest absolute Gasteiger partial charge is 0.130 e. The Morgan fingerprint density at radius 2 is 1.07 bits per heavy atom. The molecule has 0 N–H and O–H groups in total. The van der Waals surface area contributed by atoms with Gasteiger partial charge in [-0.2, -0.15) is 0 Å². The molecule has 0 aromatic heterocycles. The summed E-state index contributed by atoms with van der Waals surface area (Å²) in [5, 5.41) is 0. The highest BCUT2D eigenvalue weighted by Gasteiger charge is 2.50. The summed E-state index contributed by atoms with van der Waals surface area (Å²) < 4.78 is 0. The van der Waals surface area contributed by atoms with Gasteiger partial charge in [-0.3, -0.25) is 14.7 Å². The maximum atomic E-state index is 2.75. The summed E-state index contributed by atoms with van der Waals surface area (Å²) in [6, 6.07) is 0. The summed E-state index contributed by atoms with van der Waals surface area (Å²) in [6.45, 7) is 10.3. The highest BCUT2D eigenvalue weighted by atomic mass is 15.6. The molecule has 15 heavy (non-hydrogen) atoms. The third-order valence-corrected chi connectivity index (χ3v) is 4.56. The minimum Gasteiger partial charge on any atom is -0.273 e. The summed E-state index contributed by atoms with van der Waals surface area (Å²) in [4.78, 5) is 8.25. The minimum absolute atomic E-state index is 0.328. The predicted octanol–water partition coefficient (Wildman–Crippen LogP) is 1.17. The van der Waals surface area contributed by atoms with Crippen LogP contribution in [0, 0.1) is 0 Å². The Balaban J connectivity index is 1.95. The van der Waals surface area contributed by atoms with Gasteiger partial charge >= 0.3 is 0 Å². The first-order valence-electron chi connectivity index (χ1n) is 6.63. The first-order chi connectivity index (χ1) is 7.38. The Morgan fingerprint density at radius 3 is 1.33 bits per heavy atom. The lowest BCUT2D eigenvalue weighted by Gasteiger charge is -2.63. The molecule has 0 aromatic carbocycles. The largest absolute Gasteiger partial charge is 0.273 e. The molecule has 0 amide bonds. The van der Waals surface area contributed by atoms with Crippen molar-refractivity contribution in [1.82, 2.24) is 14.7 Å². The molecule has 3 saturated heterocycles. The average molecular weight is 209 g/mol. The Morgan fingerprint density at radius 1 is 0.733 bits per heavy atom. The predicted molar refractivity (Wildman–Crippen MR) is 61.6 cm³/mol. The molecule has 0 unspecified atom stereocenters. The highest BCUT2D eigenvalue weighted by molar-refractivity contribution is 4.98. The number of hydrogen-bond acceptors (Lipinski definition) is 3. The molecule has 0 aliphatic carbocycles. The van der Waals surface area contributed by atoms with Gasteiger partial charge in [-0.25, -0.2) is 0 Å². The van der Waals surface area contributed by atoms with Crippen LogP contribution in [-0.2, 0) is 0 Å². The Kier molecular flexibility index (Phi) is 2.49. The van der Waals surface area contributed by atoms with Gasteiger partial charge < -0.3 is 0 Å². The summed E-state index contributed by atoms with van der Waals surface area (Å²) in [5.41, 5.74) is 0. The van der Waals surface area contributed by atoms with Crippen LogP contribution in [0.4, 0.5) is 0 Å². The molecule has 0 spiro atoms. The van der Waals surface area contributed by atoms with Crippen LogP contribution in [0.5, 0.6) is 0 Å². The van der Waals surface area contributed by atoms with Gasteiger partial charge in [0.25, 0.3) is 0 Å². The highest BCUT2D eigenvalue weighted by Crippen LogP contribution is 2.38. The minimum atomic E-state index is 0.328. The van der Waals surface area contributed by atoms with E-state index < -0.39 is 0 Å². The molecule has 3 heterocycles. The average Bonchev–Trinajstić information content (AvgIpc) is 2.30. The summed E-state index contributed by atoms with van der Waals surface area (Å²) in [7, 11) is 0. The number of nitrogens with zero attached hydrogens (tertiary/aromatic N) is 3. The maximum absolute atomic E-state index is 2.75. The summed E-state index contributed by atoms with van der Waals surface area (Å²) >= 11 is 0. The quantitative estimate of drug-likeness (QED) is 0.642. The van der Waals surface area contributed by atoms with E-state index in [4.69, 9.17) is 0 Å². The van der Waals surface area contributed by atoms with Gasteiger partial charge in [-0.15, -0.1) is 0 Å². The second-order valence-corrected chi connectivity index (χ2v) is 5.15. The molecule has 0 atom stereocenters. The van der Waals surface area contributed by atoms with E-state index in [2.05, 4.69) is 21.6 Å².